The molecule has 1 aliphatic heterocycles. The molecule has 2 aromatic carbocycles. The molecule has 0 saturated carbocycles. The fourth-order valence-corrected chi connectivity index (χ4v) is 3.57. The molecule has 0 saturated heterocycles. The maximum Gasteiger partial charge on any atom is 0.344 e. The molecule has 2 aromatic rings. The number of thioether (sulfide) groups is 1. The number of ether oxygens (including phenoxy) is 1. The van der Waals surface area contributed by atoms with Gasteiger partial charge in [0.2, 0.25) is 0 Å². The number of esters is 1. The quantitative estimate of drug-likeness (QED) is 0.481. The Morgan fingerprint density at radius 2 is 1.86 bits per heavy atom. The van der Waals surface area contributed by atoms with Gasteiger partial charge in [0.15, 0.2) is 11.5 Å². The zero-order valence-corrected chi connectivity index (χ0v) is 16.3. The van der Waals surface area contributed by atoms with Crippen LogP contribution in [0, 0.1) is 0 Å². The number of benzene rings is 2. The minimum absolute atomic E-state index is 0.0314. The molecule has 0 fully saturated rings. The Hall–Kier alpha value is -2.90. The summed E-state index contributed by atoms with van der Waals surface area (Å²) >= 11 is 6.98. The van der Waals surface area contributed by atoms with Gasteiger partial charge in [0, 0.05) is 5.02 Å². The van der Waals surface area contributed by atoms with Crippen LogP contribution in [0.25, 0.3) is 6.08 Å². The van der Waals surface area contributed by atoms with E-state index in [2.05, 4.69) is 4.99 Å². The molecule has 0 bridgehead atoms. The number of aliphatic imine (C=N–C) groups is 1. The summed E-state index contributed by atoms with van der Waals surface area (Å²) in [5, 5.41) is 30.5. The highest BCUT2D eigenvalue weighted by Gasteiger charge is 2.33. The molecular formula is C20H16ClNO5S. The SMILES string of the molecule is CCOC(=O)C1=C(O)/C(=C\c2ccc(O)c(O)c2)SC1=Nc1ccc(Cl)cc1. The maximum atomic E-state index is 12.4. The Labute approximate surface area is 170 Å². The molecule has 0 unspecified atom stereocenters. The summed E-state index contributed by atoms with van der Waals surface area (Å²) in [4.78, 5) is 17.1. The van der Waals surface area contributed by atoms with E-state index < -0.39 is 5.97 Å². The minimum Gasteiger partial charge on any atom is -0.506 e. The summed E-state index contributed by atoms with van der Waals surface area (Å²) in [6, 6.07) is 11.0. The van der Waals surface area contributed by atoms with Gasteiger partial charge in [-0.25, -0.2) is 9.79 Å². The number of aliphatic hydroxyl groups is 1. The Balaban J connectivity index is 2.04. The largest absolute Gasteiger partial charge is 0.506 e. The monoisotopic (exact) mass is 417 g/mol. The first-order valence-corrected chi connectivity index (χ1v) is 9.45. The summed E-state index contributed by atoms with van der Waals surface area (Å²) in [6.07, 6.45) is 1.57. The van der Waals surface area contributed by atoms with Gasteiger partial charge in [-0.05, 0) is 55.0 Å². The van der Waals surface area contributed by atoms with Crippen molar-refractivity contribution >= 4 is 46.1 Å². The van der Waals surface area contributed by atoms with Crippen LogP contribution in [-0.4, -0.2) is 32.9 Å². The normalized spacial score (nSPS) is 16.8. The van der Waals surface area contributed by atoms with Crippen molar-refractivity contribution in [3.8, 4) is 11.5 Å². The average Bonchev–Trinajstić information content (AvgIpc) is 2.95. The third-order valence-electron chi connectivity index (χ3n) is 3.72. The second-order valence-corrected chi connectivity index (χ2v) is 7.16. The van der Waals surface area contributed by atoms with Gasteiger partial charge < -0.3 is 20.1 Å². The fourth-order valence-electron chi connectivity index (χ4n) is 2.41. The number of carbonyl (C=O) groups is 1. The Kier molecular flexibility index (Phi) is 5.96. The number of nitrogens with zero attached hydrogens (tertiary/aromatic N) is 1. The Bertz CT molecular complexity index is 1010. The van der Waals surface area contributed by atoms with Gasteiger partial charge in [-0.15, -0.1) is 0 Å². The molecule has 0 spiro atoms. The molecular weight excluding hydrogens is 402 g/mol. The van der Waals surface area contributed by atoms with Crippen LogP contribution in [0.1, 0.15) is 12.5 Å². The van der Waals surface area contributed by atoms with E-state index in [9.17, 15) is 20.1 Å². The molecule has 0 radical (unpaired) electrons. The van der Waals surface area contributed by atoms with E-state index in [4.69, 9.17) is 16.3 Å². The molecule has 3 rings (SSSR count). The highest BCUT2D eigenvalue weighted by Crippen LogP contribution is 2.40. The van der Waals surface area contributed by atoms with Crippen LogP contribution < -0.4 is 0 Å². The van der Waals surface area contributed by atoms with Crippen LogP contribution in [0.3, 0.4) is 0 Å². The maximum absolute atomic E-state index is 12.4. The van der Waals surface area contributed by atoms with Crippen molar-refractivity contribution in [2.75, 3.05) is 6.61 Å². The lowest BCUT2D eigenvalue weighted by Crippen LogP contribution is -2.12. The molecule has 8 heteroatoms. The van der Waals surface area contributed by atoms with Crippen LogP contribution >= 0.6 is 23.4 Å². The number of phenolic OH excluding ortho intramolecular Hbond substituents is 2. The summed E-state index contributed by atoms with van der Waals surface area (Å²) in [6.45, 7) is 1.82. The lowest BCUT2D eigenvalue weighted by atomic mass is 10.1. The van der Waals surface area contributed by atoms with Crippen molar-refractivity contribution in [1.82, 2.24) is 0 Å². The second kappa shape index (κ2) is 8.41. The number of aliphatic hydroxyl groups excluding tert-OH is 1. The zero-order chi connectivity index (χ0) is 20.3. The summed E-state index contributed by atoms with van der Waals surface area (Å²) in [5.41, 5.74) is 1.06. The third-order valence-corrected chi connectivity index (χ3v) is 5.00. The van der Waals surface area contributed by atoms with Gasteiger partial charge in [0.25, 0.3) is 0 Å². The molecule has 0 atom stereocenters. The highest BCUT2D eigenvalue weighted by atomic mass is 35.5. The molecule has 0 amide bonds. The molecule has 6 nitrogen and oxygen atoms in total. The van der Waals surface area contributed by atoms with Crippen LogP contribution in [0.5, 0.6) is 11.5 Å². The molecule has 0 aromatic heterocycles. The van der Waals surface area contributed by atoms with E-state index in [1.807, 2.05) is 0 Å². The van der Waals surface area contributed by atoms with Crippen molar-refractivity contribution in [2.45, 2.75) is 6.92 Å². The molecule has 3 N–H and O–H groups in total. The third kappa shape index (κ3) is 4.32. The molecule has 144 valence electrons. The number of hydrogen-bond donors (Lipinski definition) is 3. The lowest BCUT2D eigenvalue weighted by Gasteiger charge is -2.03. The van der Waals surface area contributed by atoms with Gasteiger partial charge >= 0.3 is 5.97 Å². The summed E-state index contributed by atoms with van der Waals surface area (Å²) < 4.78 is 5.04. The lowest BCUT2D eigenvalue weighted by molar-refractivity contribution is -0.138. The number of rotatable bonds is 4. The smallest absolute Gasteiger partial charge is 0.344 e. The van der Waals surface area contributed by atoms with Crippen LogP contribution in [0.2, 0.25) is 5.02 Å². The molecule has 1 heterocycles. The van der Waals surface area contributed by atoms with E-state index >= 15 is 0 Å². The summed E-state index contributed by atoms with van der Waals surface area (Å²) in [5.74, 6) is -1.49. The van der Waals surface area contributed by atoms with Crippen molar-refractivity contribution in [3.05, 3.63) is 69.3 Å². The van der Waals surface area contributed by atoms with Gasteiger partial charge in [0.1, 0.15) is 16.4 Å². The van der Waals surface area contributed by atoms with Crippen LogP contribution in [0.15, 0.2) is 63.7 Å². The minimum atomic E-state index is -0.683. The van der Waals surface area contributed by atoms with E-state index in [-0.39, 0.29) is 34.5 Å². The van der Waals surface area contributed by atoms with E-state index in [1.54, 1.807) is 43.3 Å². The van der Waals surface area contributed by atoms with Crippen molar-refractivity contribution in [2.24, 2.45) is 4.99 Å². The first-order chi connectivity index (χ1) is 13.4. The van der Waals surface area contributed by atoms with Crippen molar-refractivity contribution in [1.29, 1.82) is 0 Å². The average molecular weight is 418 g/mol. The number of carbonyl (C=O) groups excluding carboxylic acids is 1. The van der Waals surface area contributed by atoms with Gasteiger partial charge in [-0.2, -0.15) is 0 Å². The second-order valence-electron chi connectivity index (χ2n) is 5.70. The van der Waals surface area contributed by atoms with Crippen LogP contribution in [-0.2, 0) is 9.53 Å². The standard InChI is InChI=1S/C20H16ClNO5S/c1-2-27-20(26)17-18(25)16(10-11-3-8-14(23)15(24)9-11)28-19(17)22-13-6-4-12(21)5-7-13/h3-10,23-25H,2H2,1H3/b16-10+,22-19?. The van der Waals surface area contributed by atoms with E-state index in [0.717, 1.165) is 11.8 Å². The highest BCUT2D eigenvalue weighted by molar-refractivity contribution is 8.18. The number of hydrogen-bond acceptors (Lipinski definition) is 7. The van der Waals surface area contributed by atoms with Crippen molar-refractivity contribution < 1.29 is 24.9 Å². The van der Waals surface area contributed by atoms with Gasteiger partial charge in [-0.1, -0.05) is 29.4 Å². The predicted octanol–water partition coefficient (Wildman–Crippen LogP) is 4.94. The molecule has 28 heavy (non-hydrogen) atoms. The Morgan fingerprint density at radius 3 is 2.50 bits per heavy atom. The first kappa shape index (κ1) is 19.9. The number of aromatic hydroxyl groups is 2. The van der Waals surface area contributed by atoms with E-state index in [1.165, 1.54) is 12.1 Å². The molecule has 1 aliphatic rings. The van der Waals surface area contributed by atoms with Crippen molar-refractivity contribution in [3.63, 3.8) is 0 Å². The first-order valence-electron chi connectivity index (χ1n) is 8.26. The Morgan fingerprint density at radius 1 is 1.14 bits per heavy atom. The zero-order valence-electron chi connectivity index (χ0n) is 14.7. The van der Waals surface area contributed by atoms with E-state index in [0.29, 0.717) is 21.2 Å². The molecule has 0 aliphatic carbocycles. The summed E-state index contributed by atoms with van der Waals surface area (Å²) in [7, 11) is 0. The van der Waals surface area contributed by atoms with Crippen LogP contribution in [0.4, 0.5) is 5.69 Å². The topological polar surface area (TPSA) is 99.4 Å². The fraction of sp³-hybridized carbons (Fsp3) is 0.100. The number of phenols is 2. The van der Waals surface area contributed by atoms with Gasteiger partial charge in [-0.3, -0.25) is 0 Å². The van der Waals surface area contributed by atoms with Gasteiger partial charge in [0.05, 0.1) is 17.2 Å². The predicted molar refractivity (Wildman–Crippen MR) is 110 cm³/mol. The number of halogens is 1.